The van der Waals surface area contributed by atoms with E-state index in [-0.39, 0.29) is 17.1 Å². The molecule has 19 heavy (non-hydrogen) atoms. The largest absolute Gasteiger partial charge is 0.244 e. The molecule has 98 valence electrons. The van der Waals surface area contributed by atoms with Crippen LogP contribution in [0.1, 0.15) is 15.4 Å². The molecule has 0 radical (unpaired) electrons. The summed E-state index contributed by atoms with van der Waals surface area (Å²) in [4.78, 5) is 5.69. The molecule has 0 atom stereocenters. The van der Waals surface area contributed by atoms with E-state index in [0.29, 0.717) is 0 Å². The van der Waals surface area contributed by atoms with Crippen LogP contribution < -0.4 is 4.72 Å². The molecule has 0 fully saturated rings. The molecule has 2 heterocycles. The van der Waals surface area contributed by atoms with Gasteiger partial charge in [0.05, 0.1) is 0 Å². The Morgan fingerprint density at radius 3 is 2.84 bits per heavy atom. The van der Waals surface area contributed by atoms with Crippen molar-refractivity contribution >= 4 is 21.4 Å². The second kappa shape index (κ2) is 5.48. The lowest BCUT2D eigenvalue weighted by Crippen LogP contribution is -2.23. The van der Waals surface area contributed by atoms with Crippen molar-refractivity contribution < 1.29 is 8.42 Å². The van der Waals surface area contributed by atoms with E-state index in [1.165, 1.54) is 29.7 Å². The van der Waals surface area contributed by atoms with Crippen LogP contribution in [0.4, 0.5) is 0 Å². The fraction of sp³-hybridized carbons (Fsp3) is 0.167. The molecule has 0 aliphatic carbocycles. The van der Waals surface area contributed by atoms with Crippen LogP contribution in [0.25, 0.3) is 0 Å². The fourth-order valence-electron chi connectivity index (χ4n) is 1.52. The summed E-state index contributed by atoms with van der Waals surface area (Å²) in [6.45, 7) is 2.16. The van der Waals surface area contributed by atoms with Crippen molar-refractivity contribution in [3.05, 3.63) is 45.9 Å². The zero-order valence-corrected chi connectivity index (χ0v) is 11.8. The van der Waals surface area contributed by atoms with Gasteiger partial charge in [0.1, 0.15) is 11.0 Å². The molecule has 7 heteroatoms. The van der Waals surface area contributed by atoms with Gasteiger partial charge in [0, 0.05) is 22.5 Å². The predicted molar refractivity (Wildman–Crippen MR) is 72.0 cm³/mol. The van der Waals surface area contributed by atoms with Crippen molar-refractivity contribution in [3.63, 3.8) is 0 Å². The van der Waals surface area contributed by atoms with E-state index in [2.05, 4.69) is 9.71 Å². The predicted octanol–water partition coefficient (Wildman–Crippen LogP) is 1.80. The highest BCUT2D eigenvalue weighted by atomic mass is 32.2. The lowest BCUT2D eigenvalue weighted by molar-refractivity contribution is 0.581. The van der Waals surface area contributed by atoms with Gasteiger partial charge < -0.3 is 0 Å². The number of hydrogen-bond acceptors (Lipinski definition) is 5. The summed E-state index contributed by atoms with van der Waals surface area (Å²) < 4.78 is 26.7. The number of nitriles is 1. The number of nitrogens with zero attached hydrogens (tertiary/aromatic N) is 2. The maximum absolute atomic E-state index is 12.1. The van der Waals surface area contributed by atoms with Crippen LogP contribution in [0, 0.1) is 18.3 Å². The SMILES string of the molecule is Cc1ccc(CNS(=O)(=O)c2cccnc2C#N)s1. The Morgan fingerprint density at radius 1 is 1.42 bits per heavy atom. The second-order valence-electron chi connectivity index (χ2n) is 3.80. The highest BCUT2D eigenvalue weighted by molar-refractivity contribution is 7.89. The van der Waals surface area contributed by atoms with Crippen LogP contribution in [0.5, 0.6) is 0 Å². The van der Waals surface area contributed by atoms with E-state index >= 15 is 0 Å². The van der Waals surface area contributed by atoms with E-state index in [4.69, 9.17) is 5.26 Å². The molecule has 0 bridgehead atoms. The molecule has 0 aliphatic rings. The fourth-order valence-corrected chi connectivity index (χ4v) is 3.55. The Morgan fingerprint density at radius 2 is 2.21 bits per heavy atom. The molecule has 0 aliphatic heterocycles. The Bertz CT molecular complexity index is 729. The number of thiophene rings is 1. The highest BCUT2D eigenvalue weighted by Gasteiger charge is 2.19. The standard InChI is InChI=1S/C12H11N3O2S2/c1-9-4-5-10(18-9)8-15-19(16,17)12-3-2-6-14-11(12)7-13/h2-6,15H,8H2,1H3. The molecule has 0 saturated heterocycles. The van der Waals surface area contributed by atoms with Gasteiger partial charge in [0.25, 0.3) is 0 Å². The minimum atomic E-state index is -3.72. The minimum Gasteiger partial charge on any atom is -0.244 e. The van der Waals surface area contributed by atoms with Gasteiger partial charge in [-0.3, -0.25) is 0 Å². The van der Waals surface area contributed by atoms with E-state index in [1.54, 1.807) is 6.07 Å². The van der Waals surface area contributed by atoms with Crippen molar-refractivity contribution in [2.45, 2.75) is 18.4 Å². The normalized spacial score (nSPS) is 11.2. The van der Waals surface area contributed by atoms with Gasteiger partial charge in [-0.15, -0.1) is 11.3 Å². The Hall–Kier alpha value is -1.75. The summed E-state index contributed by atoms with van der Waals surface area (Å²) >= 11 is 1.53. The maximum atomic E-state index is 12.1. The third kappa shape index (κ3) is 3.17. The minimum absolute atomic E-state index is 0.0919. The van der Waals surface area contributed by atoms with Gasteiger partial charge in [0.15, 0.2) is 5.69 Å². The molecule has 0 aromatic carbocycles. The molecular weight excluding hydrogens is 282 g/mol. The quantitative estimate of drug-likeness (QED) is 0.931. The molecule has 1 N–H and O–H groups in total. The highest BCUT2D eigenvalue weighted by Crippen LogP contribution is 2.17. The number of pyridine rings is 1. The summed E-state index contributed by atoms with van der Waals surface area (Å²) in [7, 11) is -3.72. The van der Waals surface area contributed by atoms with Crippen LogP contribution in [0.15, 0.2) is 35.4 Å². The van der Waals surface area contributed by atoms with Gasteiger partial charge in [-0.2, -0.15) is 5.26 Å². The van der Waals surface area contributed by atoms with Crippen LogP contribution in [0.3, 0.4) is 0 Å². The van der Waals surface area contributed by atoms with Crippen LogP contribution >= 0.6 is 11.3 Å². The Balaban J connectivity index is 2.21. The van der Waals surface area contributed by atoms with Gasteiger partial charge >= 0.3 is 0 Å². The summed E-state index contributed by atoms with van der Waals surface area (Å²) in [5.41, 5.74) is -0.0997. The summed E-state index contributed by atoms with van der Waals surface area (Å²) in [5, 5.41) is 8.87. The third-order valence-corrected chi connectivity index (χ3v) is 4.83. The zero-order chi connectivity index (χ0) is 13.9. The van der Waals surface area contributed by atoms with Crippen molar-refractivity contribution in [3.8, 4) is 6.07 Å². The molecule has 0 unspecified atom stereocenters. The van der Waals surface area contributed by atoms with Crippen LogP contribution in [-0.2, 0) is 16.6 Å². The topological polar surface area (TPSA) is 82.8 Å². The van der Waals surface area contributed by atoms with E-state index < -0.39 is 10.0 Å². The van der Waals surface area contributed by atoms with E-state index in [1.807, 2.05) is 19.1 Å². The zero-order valence-electron chi connectivity index (χ0n) is 10.1. The number of hydrogen-bond donors (Lipinski definition) is 1. The number of sulfonamides is 1. The van der Waals surface area contributed by atoms with Gasteiger partial charge in [-0.1, -0.05) is 0 Å². The molecule has 2 aromatic rings. The van der Waals surface area contributed by atoms with Crippen molar-refractivity contribution in [2.75, 3.05) is 0 Å². The van der Waals surface area contributed by atoms with Crippen molar-refractivity contribution in [2.24, 2.45) is 0 Å². The van der Waals surface area contributed by atoms with Crippen LogP contribution in [0.2, 0.25) is 0 Å². The van der Waals surface area contributed by atoms with Crippen molar-refractivity contribution in [1.82, 2.24) is 9.71 Å². The number of aromatic nitrogens is 1. The summed E-state index contributed by atoms with van der Waals surface area (Å²) in [6.07, 6.45) is 1.39. The maximum Gasteiger partial charge on any atom is 0.243 e. The van der Waals surface area contributed by atoms with Gasteiger partial charge in [-0.05, 0) is 31.2 Å². The molecule has 0 spiro atoms. The molecule has 0 saturated carbocycles. The Labute approximate surface area is 115 Å². The third-order valence-electron chi connectivity index (χ3n) is 2.40. The average Bonchev–Trinajstić information content (AvgIpc) is 2.82. The Kier molecular flexibility index (Phi) is 3.95. The first kappa shape index (κ1) is 13.7. The number of nitrogens with one attached hydrogen (secondary N) is 1. The van der Waals surface area contributed by atoms with E-state index in [9.17, 15) is 8.42 Å². The number of rotatable bonds is 4. The summed E-state index contributed by atoms with van der Waals surface area (Å²) in [6, 6.07) is 8.44. The molecule has 2 rings (SSSR count). The molecule has 0 amide bonds. The van der Waals surface area contributed by atoms with Gasteiger partial charge in [0.2, 0.25) is 10.0 Å². The first-order valence-electron chi connectivity index (χ1n) is 5.43. The first-order chi connectivity index (χ1) is 9.03. The van der Waals surface area contributed by atoms with E-state index in [0.717, 1.165) is 9.75 Å². The molecule has 2 aromatic heterocycles. The lowest BCUT2D eigenvalue weighted by atomic mass is 10.4. The average molecular weight is 293 g/mol. The smallest absolute Gasteiger partial charge is 0.243 e. The molecule has 5 nitrogen and oxygen atoms in total. The second-order valence-corrected chi connectivity index (χ2v) is 6.91. The van der Waals surface area contributed by atoms with Gasteiger partial charge in [-0.25, -0.2) is 18.1 Å². The summed E-state index contributed by atoms with van der Waals surface area (Å²) in [5.74, 6) is 0. The van der Waals surface area contributed by atoms with Crippen molar-refractivity contribution in [1.29, 1.82) is 5.26 Å². The van der Waals surface area contributed by atoms with Crippen LogP contribution in [-0.4, -0.2) is 13.4 Å². The molecular formula is C12H11N3O2S2. The number of aryl methyl sites for hydroxylation is 1. The monoisotopic (exact) mass is 293 g/mol. The lowest BCUT2D eigenvalue weighted by Gasteiger charge is -2.06. The first-order valence-corrected chi connectivity index (χ1v) is 7.73.